The lowest BCUT2D eigenvalue weighted by molar-refractivity contribution is -0.128. The van der Waals surface area contributed by atoms with Gasteiger partial charge in [0.05, 0.1) is 0 Å². The van der Waals surface area contributed by atoms with Crippen LogP contribution in [-0.2, 0) is 19.6 Å². The largest absolute Gasteiger partial charge is 0.379 e. The fourth-order valence-electron chi connectivity index (χ4n) is 1.88. The van der Waals surface area contributed by atoms with Crippen LogP contribution in [0, 0.1) is 0 Å². The predicted octanol–water partition coefficient (Wildman–Crippen LogP) is 1.63. The molecule has 0 spiro atoms. The van der Waals surface area contributed by atoms with E-state index in [0.717, 1.165) is 0 Å². The van der Waals surface area contributed by atoms with Gasteiger partial charge in [0.25, 0.3) is 5.91 Å². The monoisotopic (exact) mass is 321 g/mol. The second-order valence-corrected chi connectivity index (χ2v) is 5.98. The lowest BCUT2D eigenvalue weighted by Gasteiger charge is -2.12. The molecule has 2 rings (SSSR count). The zero-order valence-corrected chi connectivity index (χ0v) is 12.6. The molecule has 116 valence electrons. The Bertz CT molecular complexity index is 741. The van der Waals surface area contributed by atoms with Crippen molar-refractivity contribution < 1.29 is 22.1 Å². The quantitative estimate of drug-likeness (QED) is 0.816. The fraction of sp³-hybridized carbons (Fsp3) is 0.133. The molecule has 1 unspecified atom stereocenters. The summed E-state index contributed by atoms with van der Waals surface area (Å²) in [6.07, 6.45) is -0.889. The standard InChI is InChI=1S/C15H15NO5S/c1-20-14(15(16)17)11-7-9-12(10-8-11)21-22(18,19)13-5-3-2-4-6-13/h2-10,14H,1H3,(H2,16,17). The van der Waals surface area contributed by atoms with E-state index in [0.29, 0.717) is 5.56 Å². The maximum absolute atomic E-state index is 12.1. The van der Waals surface area contributed by atoms with E-state index in [4.69, 9.17) is 14.7 Å². The van der Waals surface area contributed by atoms with Gasteiger partial charge in [-0.05, 0) is 29.8 Å². The van der Waals surface area contributed by atoms with Gasteiger partial charge in [0.15, 0.2) is 6.10 Å². The molecule has 0 radical (unpaired) electrons. The molecule has 1 amide bonds. The molecule has 6 nitrogen and oxygen atoms in total. The van der Waals surface area contributed by atoms with Crippen LogP contribution in [0.2, 0.25) is 0 Å². The van der Waals surface area contributed by atoms with Gasteiger partial charge in [0, 0.05) is 7.11 Å². The van der Waals surface area contributed by atoms with Gasteiger partial charge in [-0.1, -0.05) is 30.3 Å². The normalized spacial score (nSPS) is 12.6. The second-order valence-electron chi connectivity index (χ2n) is 4.44. The molecule has 0 saturated carbocycles. The summed E-state index contributed by atoms with van der Waals surface area (Å²) in [6.45, 7) is 0. The zero-order valence-electron chi connectivity index (χ0n) is 11.8. The van der Waals surface area contributed by atoms with Crippen LogP contribution in [0.15, 0.2) is 59.5 Å². The first-order valence-corrected chi connectivity index (χ1v) is 7.76. The molecule has 0 heterocycles. The van der Waals surface area contributed by atoms with Crippen LogP contribution >= 0.6 is 0 Å². The highest BCUT2D eigenvalue weighted by Crippen LogP contribution is 2.22. The number of carbonyl (C=O) groups excluding carboxylic acids is 1. The molecule has 2 aromatic rings. The number of hydrogen-bond donors (Lipinski definition) is 1. The third kappa shape index (κ3) is 3.63. The van der Waals surface area contributed by atoms with Crippen molar-refractivity contribution >= 4 is 16.0 Å². The molecule has 1 atom stereocenters. The first-order valence-electron chi connectivity index (χ1n) is 6.35. The van der Waals surface area contributed by atoms with E-state index in [1.54, 1.807) is 18.2 Å². The summed E-state index contributed by atoms with van der Waals surface area (Å²) in [5, 5.41) is 0. The van der Waals surface area contributed by atoms with E-state index in [-0.39, 0.29) is 10.6 Å². The lowest BCUT2D eigenvalue weighted by atomic mass is 10.1. The molecule has 0 bridgehead atoms. The summed E-state index contributed by atoms with van der Waals surface area (Å²) in [5.41, 5.74) is 5.72. The van der Waals surface area contributed by atoms with Crippen LogP contribution in [0.1, 0.15) is 11.7 Å². The topological polar surface area (TPSA) is 95.7 Å². The van der Waals surface area contributed by atoms with E-state index in [1.165, 1.54) is 43.5 Å². The van der Waals surface area contributed by atoms with Crippen molar-refractivity contribution in [3.05, 3.63) is 60.2 Å². The molecular weight excluding hydrogens is 306 g/mol. The van der Waals surface area contributed by atoms with Crippen molar-refractivity contribution in [2.24, 2.45) is 5.73 Å². The number of rotatable bonds is 6. The SMILES string of the molecule is COC(C(N)=O)c1ccc(OS(=O)(=O)c2ccccc2)cc1. The average Bonchev–Trinajstić information content (AvgIpc) is 2.50. The van der Waals surface area contributed by atoms with Crippen molar-refractivity contribution in [2.45, 2.75) is 11.0 Å². The van der Waals surface area contributed by atoms with E-state index >= 15 is 0 Å². The van der Waals surface area contributed by atoms with Crippen molar-refractivity contribution in [1.29, 1.82) is 0 Å². The fourth-order valence-corrected chi connectivity index (χ4v) is 2.83. The number of hydrogen-bond acceptors (Lipinski definition) is 5. The number of nitrogens with two attached hydrogens (primary N) is 1. The molecular formula is C15H15NO5S. The van der Waals surface area contributed by atoms with E-state index in [1.807, 2.05) is 0 Å². The average molecular weight is 321 g/mol. The number of ether oxygens (including phenoxy) is 1. The smallest absolute Gasteiger partial charge is 0.339 e. The van der Waals surface area contributed by atoms with Gasteiger partial charge in [0.1, 0.15) is 10.6 Å². The summed E-state index contributed by atoms with van der Waals surface area (Å²) in [4.78, 5) is 11.3. The Morgan fingerprint density at radius 2 is 1.64 bits per heavy atom. The van der Waals surface area contributed by atoms with Crippen molar-refractivity contribution in [3.8, 4) is 5.75 Å². The highest BCUT2D eigenvalue weighted by atomic mass is 32.2. The van der Waals surface area contributed by atoms with Crippen LogP contribution in [0.5, 0.6) is 5.75 Å². The van der Waals surface area contributed by atoms with Gasteiger partial charge in [0.2, 0.25) is 0 Å². The van der Waals surface area contributed by atoms with Crippen LogP contribution in [-0.4, -0.2) is 21.4 Å². The Kier molecular flexibility index (Phi) is 4.79. The molecule has 7 heteroatoms. The number of amides is 1. The molecule has 0 saturated heterocycles. The Hall–Kier alpha value is -2.38. The first-order chi connectivity index (χ1) is 10.4. The predicted molar refractivity (Wildman–Crippen MR) is 79.6 cm³/mol. The van der Waals surface area contributed by atoms with E-state index in [9.17, 15) is 13.2 Å². The Morgan fingerprint density at radius 3 is 2.14 bits per heavy atom. The molecule has 0 aliphatic heterocycles. The molecule has 0 fully saturated rings. The number of primary amides is 1. The van der Waals surface area contributed by atoms with Crippen molar-refractivity contribution in [3.63, 3.8) is 0 Å². The Labute approximate surface area is 128 Å². The highest BCUT2D eigenvalue weighted by molar-refractivity contribution is 7.87. The summed E-state index contributed by atoms with van der Waals surface area (Å²) in [7, 11) is -2.53. The first kappa shape index (κ1) is 16.0. The zero-order chi connectivity index (χ0) is 16.2. The van der Waals surface area contributed by atoms with Crippen LogP contribution in [0.25, 0.3) is 0 Å². The van der Waals surface area contributed by atoms with Crippen LogP contribution < -0.4 is 9.92 Å². The van der Waals surface area contributed by atoms with Crippen LogP contribution in [0.3, 0.4) is 0 Å². The summed E-state index contributed by atoms with van der Waals surface area (Å²) < 4.78 is 34.1. The molecule has 0 aliphatic carbocycles. The number of benzene rings is 2. The van der Waals surface area contributed by atoms with Crippen molar-refractivity contribution in [1.82, 2.24) is 0 Å². The third-order valence-corrected chi connectivity index (χ3v) is 4.18. The van der Waals surface area contributed by atoms with Gasteiger partial charge < -0.3 is 14.7 Å². The molecule has 2 aromatic carbocycles. The lowest BCUT2D eigenvalue weighted by Crippen LogP contribution is -2.22. The summed E-state index contributed by atoms with van der Waals surface area (Å²) >= 11 is 0. The van der Waals surface area contributed by atoms with E-state index in [2.05, 4.69) is 0 Å². The van der Waals surface area contributed by atoms with Crippen molar-refractivity contribution in [2.75, 3.05) is 7.11 Å². The Balaban J connectivity index is 2.20. The maximum atomic E-state index is 12.1. The van der Waals surface area contributed by atoms with Gasteiger partial charge in [-0.15, -0.1) is 0 Å². The van der Waals surface area contributed by atoms with E-state index < -0.39 is 22.1 Å². The molecule has 2 N–H and O–H groups in total. The molecule has 0 aromatic heterocycles. The minimum absolute atomic E-state index is 0.0611. The minimum Gasteiger partial charge on any atom is -0.379 e. The Morgan fingerprint density at radius 1 is 1.05 bits per heavy atom. The third-order valence-electron chi connectivity index (χ3n) is 2.91. The van der Waals surface area contributed by atoms with Gasteiger partial charge in [-0.3, -0.25) is 4.79 Å². The van der Waals surface area contributed by atoms with Gasteiger partial charge >= 0.3 is 10.1 Å². The summed E-state index contributed by atoms with van der Waals surface area (Å²) in [6, 6.07) is 13.7. The van der Waals surface area contributed by atoms with Gasteiger partial charge in [-0.2, -0.15) is 8.42 Å². The van der Waals surface area contributed by atoms with Crippen LogP contribution in [0.4, 0.5) is 0 Å². The van der Waals surface area contributed by atoms with Gasteiger partial charge in [-0.25, -0.2) is 0 Å². The second kappa shape index (κ2) is 6.59. The maximum Gasteiger partial charge on any atom is 0.339 e. The minimum atomic E-state index is -3.89. The molecule has 22 heavy (non-hydrogen) atoms. The summed E-state index contributed by atoms with van der Waals surface area (Å²) in [5.74, 6) is -0.500. The number of methoxy groups -OCH3 is 1. The highest BCUT2D eigenvalue weighted by Gasteiger charge is 2.19. The molecule has 0 aliphatic rings. The number of carbonyl (C=O) groups is 1.